The van der Waals surface area contributed by atoms with Crippen LogP contribution >= 0.6 is 0 Å². The van der Waals surface area contributed by atoms with Gasteiger partial charge in [0, 0.05) is 25.0 Å². The normalized spacial score (nSPS) is 14.5. The molecule has 0 radical (unpaired) electrons. The molecule has 0 bridgehead atoms. The number of halogens is 1. The molecule has 0 saturated carbocycles. The Hall–Kier alpha value is -3.79. The average molecular weight is 449 g/mol. The van der Waals surface area contributed by atoms with Gasteiger partial charge >= 0.3 is 0 Å². The predicted octanol–water partition coefficient (Wildman–Crippen LogP) is 2.84. The van der Waals surface area contributed by atoms with Gasteiger partial charge in [-0.25, -0.2) is 18.7 Å². The summed E-state index contributed by atoms with van der Waals surface area (Å²) in [6, 6.07) is 10.1. The number of piperidine rings is 1. The molecule has 0 atom stereocenters. The Balaban J connectivity index is 1.51. The maximum atomic E-state index is 13.6. The number of nitrogens with one attached hydrogen (secondary N) is 2. The molecule has 1 aliphatic rings. The van der Waals surface area contributed by atoms with Crippen LogP contribution in [0, 0.1) is 12.7 Å². The number of benzene rings is 1. The molecule has 33 heavy (non-hydrogen) atoms. The number of pyridine rings is 1. The highest BCUT2D eigenvalue weighted by Crippen LogP contribution is 2.21. The second-order valence-corrected chi connectivity index (χ2v) is 8.06. The van der Waals surface area contributed by atoms with Gasteiger partial charge in [0.2, 0.25) is 11.8 Å². The fourth-order valence-corrected chi connectivity index (χ4v) is 3.94. The number of aryl methyl sites for hydroxylation is 1. The summed E-state index contributed by atoms with van der Waals surface area (Å²) in [6.07, 6.45) is 3.43. The SMILES string of the molecule is Cc1cc(Nc2ncc3c(=O)n(C)n(-c4cccc(OC5CCNCC5)n4)c3n2)ccc1F. The van der Waals surface area contributed by atoms with Gasteiger partial charge in [-0.15, -0.1) is 0 Å². The van der Waals surface area contributed by atoms with Gasteiger partial charge in [-0.05, 0) is 62.7 Å². The molecular formula is C23H24FN7O2. The molecule has 1 fully saturated rings. The second-order valence-electron chi connectivity index (χ2n) is 8.06. The number of hydrogen-bond acceptors (Lipinski definition) is 7. The van der Waals surface area contributed by atoms with Crippen LogP contribution < -0.4 is 20.9 Å². The first-order chi connectivity index (χ1) is 16.0. The molecule has 0 aliphatic carbocycles. The molecule has 4 aromatic rings. The summed E-state index contributed by atoms with van der Waals surface area (Å²) >= 11 is 0. The smallest absolute Gasteiger partial charge is 0.277 e. The lowest BCUT2D eigenvalue weighted by Crippen LogP contribution is -2.34. The molecule has 170 valence electrons. The lowest BCUT2D eigenvalue weighted by atomic mass is 10.1. The van der Waals surface area contributed by atoms with Crippen LogP contribution in [0.15, 0.2) is 47.4 Å². The van der Waals surface area contributed by atoms with Gasteiger partial charge in [0.15, 0.2) is 11.5 Å². The molecule has 0 spiro atoms. The van der Waals surface area contributed by atoms with E-state index < -0.39 is 0 Å². The topological polar surface area (TPSA) is 98.9 Å². The third kappa shape index (κ3) is 4.17. The van der Waals surface area contributed by atoms with Crippen LogP contribution in [0.4, 0.5) is 16.0 Å². The van der Waals surface area contributed by atoms with E-state index in [4.69, 9.17) is 4.74 Å². The van der Waals surface area contributed by atoms with E-state index in [2.05, 4.69) is 25.6 Å². The number of aromatic nitrogens is 5. The third-order valence-electron chi connectivity index (χ3n) is 5.71. The first-order valence-corrected chi connectivity index (χ1v) is 10.8. The fraction of sp³-hybridized carbons (Fsp3) is 0.304. The van der Waals surface area contributed by atoms with Crippen molar-refractivity contribution in [3.63, 3.8) is 0 Å². The standard InChI is InChI=1S/C23H24FN7O2/c1-14-12-15(6-7-18(14)24)27-23-26-13-17-21(29-23)31(30(2)22(17)32)19-4-3-5-20(28-19)33-16-8-10-25-11-9-16/h3-7,12-13,16,25H,8-11H2,1-2H3,(H,26,27,29). The van der Waals surface area contributed by atoms with Crippen molar-refractivity contribution < 1.29 is 9.13 Å². The monoisotopic (exact) mass is 449 g/mol. The van der Waals surface area contributed by atoms with E-state index in [9.17, 15) is 9.18 Å². The minimum atomic E-state index is -0.286. The molecular weight excluding hydrogens is 425 g/mol. The van der Waals surface area contributed by atoms with Gasteiger partial charge in [-0.3, -0.25) is 4.79 Å². The van der Waals surface area contributed by atoms with Gasteiger partial charge in [-0.2, -0.15) is 9.97 Å². The van der Waals surface area contributed by atoms with Crippen LogP contribution in [0.5, 0.6) is 5.88 Å². The number of fused-ring (bicyclic) bond motifs is 1. The average Bonchev–Trinajstić information content (AvgIpc) is 3.06. The van der Waals surface area contributed by atoms with E-state index in [0.29, 0.717) is 34.0 Å². The van der Waals surface area contributed by atoms with E-state index in [0.717, 1.165) is 25.9 Å². The highest BCUT2D eigenvalue weighted by molar-refractivity contribution is 5.77. The van der Waals surface area contributed by atoms with E-state index in [1.165, 1.54) is 16.9 Å². The van der Waals surface area contributed by atoms with Crippen molar-refractivity contribution in [3.05, 3.63) is 64.3 Å². The van der Waals surface area contributed by atoms with E-state index in [1.54, 1.807) is 36.9 Å². The van der Waals surface area contributed by atoms with Crippen molar-refractivity contribution in [1.82, 2.24) is 29.6 Å². The van der Waals surface area contributed by atoms with Crippen molar-refractivity contribution >= 4 is 22.7 Å². The van der Waals surface area contributed by atoms with Crippen LogP contribution in [0.1, 0.15) is 18.4 Å². The predicted molar refractivity (Wildman–Crippen MR) is 123 cm³/mol. The number of nitrogens with zero attached hydrogens (tertiary/aromatic N) is 5. The Morgan fingerprint density at radius 1 is 1.18 bits per heavy atom. The maximum absolute atomic E-state index is 13.6. The first-order valence-electron chi connectivity index (χ1n) is 10.8. The van der Waals surface area contributed by atoms with Gasteiger partial charge < -0.3 is 15.4 Å². The van der Waals surface area contributed by atoms with Crippen LogP contribution in [0.3, 0.4) is 0 Å². The summed E-state index contributed by atoms with van der Waals surface area (Å²) in [6.45, 7) is 3.52. The van der Waals surface area contributed by atoms with Crippen LogP contribution in [-0.2, 0) is 7.05 Å². The van der Waals surface area contributed by atoms with Crippen molar-refractivity contribution in [2.24, 2.45) is 7.05 Å². The van der Waals surface area contributed by atoms with Gasteiger partial charge in [0.25, 0.3) is 5.56 Å². The zero-order valence-electron chi connectivity index (χ0n) is 18.4. The highest BCUT2D eigenvalue weighted by atomic mass is 19.1. The van der Waals surface area contributed by atoms with Crippen LogP contribution in [0.2, 0.25) is 0 Å². The van der Waals surface area contributed by atoms with Gasteiger partial charge in [0.05, 0.1) is 0 Å². The Kier molecular flexibility index (Phi) is 5.51. The zero-order chi connectivity index (χ0) is 22.9. The van der Waals surface area contributed by atoms with Crippen molar-refractivity contribution in [2.75, 3.05) is 18.4 Å². The Morgan fingerprint density at radius 3 is 2.79 bits per heavy atom. The van der Waals surface area contributed by atoms with Crippen molar-refractivity contribution in [2.45, 2.75) is 25.9 Å². The number of anilines is 2. The number of hydrogen-bond donors (Lipinski definition) is 2. The Bertz CT molecular complexity index is 1380. The number of rotatable bonds is 5. The summed E-state index contributed by atoms with van der Waals surface area (Å²) in [7, 11) is 1.66. The fourth-order valence-electron chi connectivity index (χ4n) is 3.94. The molecule has 1 aliphatic heterocycles. The highest BCUT2D eigenvalue weighted by Gasteiger charge is 2.18. The molecule has 4 heterocycles. The lowest BCUT2D eigenvalue weighted by molar-refractivity contribution is 0.156. The minimum Gasteiger partial charge on any atom is -0.474 e. The van der Waals surface area contributed by atoms with Crippen molar-refractivity contribution in [1.29, 1.82) is 0 Å². The molecule has 5 rings (SSSR count). The molecule has 10 heteroatoms. The Labute approximate surface area is 189 Å². The van der Waals surface area contributed by atoms with E-state index in [-0.39, 0.29) is 23.4 Å². The number of ether oxygens (including phenoxy) is 1. The van der Waals surface area contributed by atoms with Crippen LogP contribution in [0.25, 0.3) is 16.9 Å². The largest absolute Gasteiger partial charge is 0.474 e. The summed E-state index contributed by atoms with van der Waals surface area (Å²) in [5.41, 5.74) is 1.33. The molecule has 2 N–H and O–H groups in total. The second kappa shape index (κ2) is 8.62. The van der Waals surface area contributed by atoms with E-state index in [1.807, 2.05) is 12.1 Å². The summed E-state index contributed by atoms with van der Waals surface area (Å²) in [5.74, 6) is 1.02. The van der Waals surface area contributed by atoms with Crippen molar-refractivity contribution in [3.8, 4) is 11.7 Å². The van der Waals surface area contributed by atoms with E-state index >= 15 is 0 Å². The molecule has 1 aromatic carbocycles. The molecule has 9 nitrogen and oxygen atoms in total. The first kappa shape index (κ1) is 21.1. The third-order valence-corrected chi connectivity index (χ3v) is 5.71. The van der Waals surface area contributed by atoms with Gasteiger partial charge in [-0.1, -0.05) is 6.07 Å². The zero-order valence-corrected chi connectivity index (χ0v) is 18.4. The summed E-state index contributed by atoms with van der Waals surface area (Å²) < 4.78 is 22.7. The Morgan fingerprint density at radius 2 is 2.00 bits per heavy atom. The van der Waals surface area contributed by atoms with Crippen LogP contribution in [-0.4, -0.2) is 43.5 Å². The molecule has 0 unspecified atom stereocenters. The summed E-state index contributed by atoms with van der Waals surface area (Å²) in [5, 5.41) is 6.75. The molecule has 1 saturated heterocycles. The van der Waals surface area contributed by atoms with Gasteiger partial charge in [0.1, 0.15) is 17.3 Å². The molecule has 0 amide bonds. The maximum Gasteiger partial charge on any atom is 0.277 e. The quantitative estimate of drug-likeness (QED) is 0.483. The molecule has 3 aromatic heterocycles. The summed E-state index contributed by atoms with van der Waals surface area (Å²) in [4.78, 5) is 26.3. The minimum absolute atomic E-state index is 0.108. The lowest BCUT2D eigenvalue weighted by Gasteiger charge is -2.23.